The van der Waals surface area contributed by atoms with E-state index in [1.165, 1.54) is 6.07 Å². The van der Waals surface area contributed by atoms with Gasteiger partial charge in [0.15, 0.2) is 0 Å². The summed E-state index contributed by atoms with van der Waals surface area (Å²) >= 11 is 0. The Hall–Kier alpha value is -2.18. The number of hydrogen-bond acceptors (Lipinski definition) is 5. The van der Waals surface area contributed by atoms with E-state index in [-0.39, 0.29) is 23.2 Å². The van der Waals surface area contributed by atoms with Gasteiger partial charge in [0.2, 0.25) is 0 Å². The van der Waals surface area contributed by atoms with E-state index in [0.717, 1.165) is 19.0 Å². The Morgan fingerprint density at radius 2 is 2.21 bits per heavy atom. The predicted octanol–water partition coefficient (Wildman–Crippen LogP) is 1.56. The molecule has 1 heterocycles. The van der Waals surface area contributed by atoms with Crippen molar-refractivity contribution < 1.29 is 9.72 Å². The van der Waals surface area contributed by atoms with Gasteiger partial charge in [-0.1, -0.05) is 6.92 Å². The van der Waals surface area contributed by atoms with Crippen molar-refractivity contribution in [1.29, 1.82) is 0 Å². The third kappa shape index (κ3) is 2.81. The van der Waals surface area contributed by atoms with E-state index in [2.05, 4.69) is 22.5 Å². The number of hydrogen-bond donors (Lipinski definition) is 2. The van der Waals surface area contributed by atoms with E-state index in [1.54, 1.807) is 7.05 Å². The molecule has 7 heteroatoms. The van der Waals surface area contributed by atoms with E-state index < -0.39 is 4.92 Å². The molecule has 19 heavy (non-hydrogen) atoms. The first-order chi connectivity index (χ1) is 9.01. The van der Waals surface area contributed by atoms with Crippen LogP contribution in [0.4, 0.5) is 11.5 Å². The average molecular weight is 264 g/mol. The molecule has 102 valence electrons. The number of carbonyl (C=O) groups excluding carboxylic acids is 1. The van der Waals surface area contributed by atoms with Gasteiger partial charge < -0.3 is 10.6 Å². The predicted molar refractivity (Wildman–Crippen MR) is 70.1 cm³/mol. The zero-order valence-corrected chi connectivity index (χ0v) is 10.8. The number of anilines is 1. The zero-order chi connectivity index (χ0) is 14.0. The molecule has 1 amide bonds. The van der Waals surface area contributed by atoms with Crippen LogP contribution >= 0.6 is 0 Å². The molecular formula is C12H16N4O3. The SMILES string of the molecule is CNc1ncc([N+](=O)[O-])cc1C(=O)NC1CC(C)C1. The third-order valence-electron chi connectivity index (χ3n) is 3.27. The lowest BCUT2D eigenvalue weighted by molar-refractivity contribution is -0.385. The highest BCUT2D eigenvalue weighted by atomic mass is 16.6. The molecule has 0 radical (unpaired) electrons. The van der Waals surface area contributed by atoms with Crippen LogP contribution < -0.4 is 10.6 Å². The van der Waals surface area contributed by atoms with Gasteiger partial charge in [0.1, 0.15) is 12.0 Å². The van der Waals surface area contributed by atoms with Crippen molar-refractivity contribution in [3.63, 3.8) is 0 Å². The van der Waals surface area contributed by atoms with Gasteiger partial charge in [-0.15, -0.1) is 0 Å². The highest BCUT2D eigenvalue weighted by Gasteiger charge is 2.28. The van der Waals surface area contributed by atoms with Crippen LogP contribution in [0.1, 0.15) is 30.1 Å². The summed E-state index contributed by atoms with van der Waals surface area (Å²) in [5, 5.41) is 16.3. The summed E-state index contributed by atoms with van der Waals surface area (Å²) in [5.74, 6) is 0.644. The van der Waals surface area contributed by atoms with Crippen LogP contribution in [0.15, 0.2) is 12.3 Å². The molecule has 7 nitrogen and oxygen atoms in total. The first-order valence-electron chi connectivity index (χ1n) is 6.14. The average Bonchev–Trinajstić information content (AvgIpc) is 2.35. The molecule has 0 atom stereocenters. The summed E-state index contributed by atoms with van der Waals surface area (Å²) in [7, 11) is 1.62. The Kier molecular flexibility index (Phi) is 3.64. The van der Waals surface area contributed by atoms with Crippen molar-refractivity contribution in [1.82, 2.24) is 10.3 Å². The monoisotopic (exact) mass is 264 g/mol. The number of rotatable bonds is 4. The minimum absolute atomic E-state index is 0.159. The van der Waals surface area contributed by atoms with Crippen molar-refractivity contribution in [2.45, 2.75) is 25.8 Å². The fourth-order valence-electron chi connectivity index (χ4n) is 2.21. The van der Waals surface area contributed by atoms with Gasteiger partial charge in [-0.2, -0.15) is 0 Å². The lowest BCUT2D eigenvalue weighted by Gasteiger charge is -2.33. The quantitative estimate of drug-likeness (QED) is 0.635. The molecule has 1 fully saturated rings. The van der Waals surface area contributed by atoms with E-state index in [9.17, 15) is 14.9 Å². The summed E-state index contributed by atoms with van der Waals surface area (Å²) in [4.78, 5) is 26.1. The number of pyridine rings is 1. The molecular weight excluding hydrogens is 248 g/mol. The minimum atomic E-state index is -0.561. The van der Waals surface area contributed by atoms with Crippen LogP contribution in [0.3, 0.4) is 0 Å². The van der Waals surface area contributed by atoms with Gasteiger partial charge in [-0.3, -0.25) is 14.9 Å². The Bertz CT molecular complexity index is 512. The van der Waals surface area contributed by atoms with Gasteiger partial charge in [-0.05, 0) is 18.8 Å². The van der Waals surface area contributed by atoms with Crippen molar-refractivity contribution in [2.75, 3.05) is 12.4 Å². The lowest BCUT2D eigenvalue weighted by Crippen LogP contribution is -2.43. The first kappa shape index (κ1) is 13.3. The second-order valence-corrected chi connectivity index (χ2v) is 4.84. The van der Waals surface area contributed by atoms with E-state index in [4.69, 9.17) is 0 Å². The first-order valence-corrected chi connectivity index (χ1v) is 6.14. The molecule has 1 aliphatic rings. The molecule has 1 aromatic heterocycles. The normalized spacial score (nSPS) is 21.4. The van der Waals surface area contributed by atoms with Gasteiger partial charge in [-0.25, -0.2) is 4.98 Å². The molecule has 2 N–H and O–H groups in total. The Balaban J connectivity index is 2.18. The summed E-state index contributed by atoms with van der Waals surface area (Å²) in [6.45, 7) is 2.12. The van der Waals surface area contributed by atoms with Crippen molar-refractivity contribution >= 4 is 17.4 Å². The summed E-state index contributed by atoms with van der Waals surface area (Å²) in [6, 6.07) is 1.41. The van der Waals surface area contributed by atoms with Crippen LogP contribution in [-0.2, 0) is 0 Å². The fraction of sp³-hybridized carbons (Fsp3) is 0.500. The van der Waals surface area contributed by atoms with E-state index in [0.29, 0.717) is 11.7 Å². The maximum absolute atomic E-state index is 12.1. The zero-order valence-electron chi connectivity index (χ0n) is 10.8. The van der Waals surface area contributed by atoms with Crippen LogP contribution in [-0.4, -0.2) is 28.9 Å². The molecule has 0 spiro atoms. The smallest absolute Gasteiger partial charge is 0.288 e. The fourth-order valence-corrected chi connectivity index (χ4v) is 2.21. The Morgan fingerprint density at radius 3 is 2.74 bits per heavy atom. The number of aromatic nitrogens is 1. The molecule has 0 saturated heterocycles. The number of nitrogens with one attached hydrogen (secondary N) is 2. The molecule has 1 saturated carbocycles. The van der Waals surface area contributed by atoms with Gasteiger partial charge in [0.05, 0.1) is 10.5 Å². The molecule has 0 aromatic carbocycles. The number of amides is 1. The minimum Gasteiger partial charge on any atom is -0.372 e. The molecule has 0 bridgehead atoms. The summed E-state index contributed by atoms with van der Waals surface area (Å²) < 4.78 is 0. The van der Waals surface area contributed by atoms with Gasteiger partial charge in [0, 0.05) is 19.2 Å². The molecule has 1 aliphatic carbocycles. The highest BCUT2D eigenvalue weighted by molar-refractivity contribution is 5.99. The third-order valence-corrected chi connectivity index (χ3v) is 3.27. The van der Waals surface area contributed by atoms with E-state index >= 15 is 0 Å². The Labute approximate surface area is 110 Å². The van der Waals surface area contributed by atoms with Gasteiger partial charge >= 0.3 is 0 Å². The van der Waals surface area contributed by atoms with Crippen LogP contribution in [0.5, 0.6) is 0 Å². The summed E-state index contributed by atoms with van der Waals surface area (Å²) in [5.41, 5.74) is 0.0161. The standard InChI is InChI=1S/C12H16N4O3/c1-7-3-8(4-7)15-12(17)10-5-9(16(18)19)6-14-11(10)13-2/h5-8H,3-4H2,1-2H3,(H,13,14)(H,15,17). The van der Waals surface area contributed by atoms with Crippen LogP contribution in [0.25, 0.3) is 0 Å². The van der Waals surface area contributed by atoms with E-state index in [1.807, 2.05) is 0 Å². The number of carbonyl (C=O) groups is 1. The van der Waals surface area contributed by atoms with Crippen molar-refractivity contribution in [2.24, 2.45) is 5.92 Å². The maximum Gasteiger partial charge on any atom is 0.288 e. The molecule has 0 aliphatic heterocycles. The number of nitrogens with zero attached hydrogens (tertiary/aromatic N) is 2. The molecule has 2 rings (SSSR count). The highest BCUT2D eigenvalue weighted by Crippen LogP contribution is 2.27. The van der Waals surface area contributed by atoms with Crippen molar-refractivity contribution in [3.8, 4) is 0 Å². The topological polar surface area (TPSA) is 97.2 Å². The van der Waals surface area contributed by atoms with Crippen molar-refractivity contribution in [3.05, 3.63) is 27.9 Å². The van der Waals surface area contributed by atoms with Gasteiger partial charge in [0.25, 0.3) is 11.6 Å². The lowest BCUT2D eigenvalue weighted by atomic mass is 9.82. The van der Waals surface area contributed by atoms with Crippen LogP contribution in [0.2, 0.25) is 0 Å². The number of nitro groups is 1. The molecule has 1 aromatic rings. The largest absolute Gasteiger partial charge is 0.372 e. The second kappa shape index (κ2) is 5.21. The maximum atomic E-state index is 12.1. The molecule has 0 unspecified atom stereocenters. The van der Waals surface area contributed by atoms with Crippen LogP contribution in [0, 0.1) is 16.0 Å². The second-order valence-electron chi connectivity index (χ2n) is 4.84. The summed E-state index contributed by atoms with van der Waals surface area (Å²) in [6.07, 6.45) is 3.03. The Morgan fingerprint density at radius 1 is 1.53 bits per heavy atom.